The highest BCUT2D eigenvalue weighted by atomic mass is 16.5. The average Bonchev–Trinajstić information content (AvgIpc) is 2.28. The van der Waals surface area contributed by atoms with E-state index in [0.29, 0.717) is 18.6 Å². The van der Waals surface area contributed by atoms with E-state index in [1.807, 2.05) is 20.8 Å². The molecule has 0 radical (unpaired) electrons. The van der Waals surface area contributed by atoms with Gasteiger partial charge in [-0.2, -0.15) is 0 Å². The normalized spacial score (nSPS) is 18.2. The zero-order valence-electron chi connectivity index (χ0n) is 11.0. The summed E-state index contributed by atoms with van der Waals surface area (Å²) < 4.78 is 5.52. The van der Waals surface area contributed by atoms with Crippen LogP contribution in [0.2, 0.25) is 0 Å². The Labute approximate surface area is 103 Å². The molecular formula is C13H23NO3. The fraction of sp³-hybridized carbons (Fsp3) is 0.846. The van der Waals surface area contributed by atoms with Crippen LogP contribution < -0.4 is 5.32 Å². The van der Waals surface area contributed by atoms with E-state index in [4.69, 9.17) is 4.74 Å². The molecule has 0 spiro atoms. The van der Waals surface area contributed by atoms with Crippen LogP contribution in [0.4, 0.5) is 0 Å². The van der Waals surface area contributed by atoms with Crippen molar-refractivity contribution in [2.75, 3.05) is 6.61 Å². The fourth-order valence-corrected chi connectivity index (χ4v) is 1.78. The van der Waals surface area contributed by atoms with Crippen molar-refractivity contribution in [2.24, 2.45) is 0 Å². The molecule has 0 bridgehead atoms. The van der Waals surface area contributed by atoms with E-state index in [2.05, 4.69) is 5.32 Å². The van der Waals surface area contributed by atoms with Gasteiger partial charge in [0.2, 0.25) is 5.91 Å². The standard InChI is InChI=1S/C13H23NO3/c1-4-13(2,3)14-12(16)9-17-11-7-5-10(15)6-8-11/h11H,4-9H2,1-3H3,(H,14,16). The predicted molar refractivity (Wildman–Crippen MR) is 65.7 cm³/mol. The van der Waals surface area contributed by atoms with Crippen molar-refractivity contribution in [2.45, 2.75) is 64.5 Å². The van der Waals surface area contributed by atoms with E-state index in [0.717, 1.165) is 19.3 Å². The maximum atomic E-state index is 11.6. The van der Waals surface area contributed by atoms with Crippen molar-refractivity contribution in [1.29, 1.82) is 0 Å². The molecule has 17 heavy (non-hydrogen) atoms. The second-order valence-electron chi connectivity index (χ2n) is 5.33. The lowest BCUT2D eigenvalue weighted by molar-refractivity contribution is -0.131. The van der Waals surface area contributed by atoms with Crippen LogP contribution in [-0.2, 0) is 14.3 Å². The third kappa shape index (κ3) is 5.31. The lowest BCUT2D eigenvalue weighted by atomic mass is 9.96. The lowest BCUT2D eigenvalue weighted by Gasteiger charge is -2.26. The SMILES string of the molecule is CCC(C)(C)NC(=O)COC1CCC(=O)CC1. The van der Waals surface area contributed by atoms with Crippen LogP contribution in [-0.4, -0.2) is 29.9 Å². The van der Waals surface area contributed by atoms with E-state index in [1.165, 1.54) is 0 Å². The molecule has 1 N–H and O–H groups in total. The minimum Gasteiger partial charge on any atom is -0.368 e. The van der Waals surface area contributed by atoms with Gasteiger partial charge in [-0.25, -0.2) is 0 Å². The summed E-state index contributed by atoms with van der Waals surface area (Å²) >= 11 is 0. The maximum absolute atomic E-state index is 11.6. The van der Waals surface area contributed by atoms with Gasteiger partial charge in [0.05, 0.1) is 6.10 Å². The Morgan fingerprint density at radius 2 is 2.00 bits per heavy atom. The predicted octanol–water partition coefficient (Wildman–Crippen LogP) is 1.82. The van der Waals surface area contributed by atoms with Gasteiger partial charge in [0.25, 0.3) is 0 Å². The Kier molecular flexibility index (Phi) is 5.12. The van der Waals surface area contributed by atoms with E-state index in [-0.39, 0.29) is 24.2 Å². The summed E-state index contributed by atoms with van der Waals surface area (Å²) in [5.41, 5.74) is -0.178. The number of carbonyl (C=O) groups is 2. The molecule has 0 heterocycles. The first-order valence-electron chi connectivity index (χ1n) is 6.37. The summed E-state index contributed by atoms with van der Waals surface area (Å²) in [5, 5.41) is 2.92. The highest BCUT2D eigenvalue weighted by Crippen LogP contribution is 2.17. The van der Waals surface area contributed by atoms with Gasteiger partial charge in [-0.1, -0.05) is 6.92 Å². The molecule has 1 saturated carbocycles. The number of amides is 1. The maximum Gasteiger partial charge on any atom is 0.246 e. The summed E-state index contributed by atoms with van der Waals surface area (Å²) in [4.78, 5) is 22.7. The summed E-state index contributed by atoms with van der Waals surface area (Å²) in [5.74, 6) is 0.232. The third-order valence-electron chi connectivity index (χ3n) is 3.30. The Morgan fingerprint density at radius 3 is 2.53 bits per heavy atom. The summed E-state index contributed by atoms with van der Waals surface area (Å²) in [6.45, 7) is 6.12. The molecule has 1 fully saturated rings. The van der Waals surface area contributed by atoms with Crippen LogP contribution in [0.3, 0.4) is 0 Å². The number of nitrogens with one attached hydrogen (secondary N) is 1. The number of ether oxygens (including phenoxy) is 1. The van der Waals surface area contributed by atoms with Gasteiger partial charge in [0, 0.05) is 18.4 Å². The molecule has 0 aliphatic heterocycles. The molecule has 0 aromatic heterocycles. The molecule has 1 aliphatic carbocycles. The average molecular weight is 241 g/mol. The lowest BCUT2D eigenvalue weighted by Crippen LogP contribution is -2.45. The van der Waals surface area contributed by atoms with Crippen LogP contribution >= 0.6 is 0 Å². The Morgan fingerprint density at radius 1 is 1.41 bits per heavy atom. The summed E-state index contributed by atoms with van der Waals surface area (Å²) in [6.07, 6.45) is 3.64. The summed E-state index contributed by atoms with van der Waals surface area (Å²) in [7, 11) is 0. The smallest absolute Gasteiger partial charge is 0.246 e. The first-order valence-corrected chi connectivity index (χ1v) is 6.37. The van der Waals surface area contributed by atoms with Gasteiger partial charge in [-0.3, -0.25) is 9.59 Å². The zero-order valence-corrected chi connectivity index (χ0v) is 11.0. The highest BCUT2D eigenvalue weighted by Gasteiger charge is 2.22. The molecular weight excluding hydrogens is 218 g/mol. The summed E-state index contributed by atoms with van der Waals surface area (Å²) in [6, 6.07) is 0. The van der Waals surface area contributed by atoms with Crippen LogP contribution in [0.15, 0.2) is 0 Å². The molecule has 1 rings (SSSR count). The van der Waals surface area contributed by atoms with E-state index >= 15 is 0 Å². The number of carbonyl (C=O) groups excluding carboxylic acids is 2. The Bertz CT molecular complexity index is 276. The Hall–Kier alpha value is -0.900. The van der Waals surface area contributed by atoms with Gasteiger partial charge >= 0.3 is 0 Å². The van der Waals surface area contributed by atoms with Crippen LogP contribution in [0.1, 0.15) is 52.9 Å². The molecule has 0 saturated heterocycles. The number of hydrogen-bond acceptors (Lipinski definition) is 3. The van der Waals surface area contributed by atoms with E-state index in [9.17, 15) is 9.59 Å². The molecule has 4 heteroatoms. The second kappa shape index (κ2) is 6.15. The van der Waals surface area contributed by atoms with Gasteiger partial charge in [-0.05, 0) is 33.1 Å². The minimum atomic E-state index is -0.178. The first kappa shape index (κ1) is 14.2. The molecule has 1 amide bonds. The molecule has 98 valence electrons. The Balaban J connectivity index is 2.22. The van der Waals surface area contributed by atoms with Gasteiger partial charge in [0.15, 0.2) is 0 Å². The minimum absolute atomic E-state index is 0.0724. The molecule has 0 aromatic rings. The first-order chi connectivity index (χ1) is 7.93. The number of hydrogen-bond donors (Lipinski definition) is 1. The van der Waals surface area contributed by atoms with Crippen LogP contribution in [0.5, 0.6) is 0 Å². The van der Waals surface area contributed by atoms with Crippen molar-refractivity contribution >= 4 is 11.7 Å². The van der Waals surface area contributed by atoms with Crippen molar-refractivity contribution < 1.29 is 14.3 Å². The number of rotatable bonds is 5. The largest absolute Gasteiger partial charge is 0.368 e. The molecule has 1 aliphatic rings. The van der Waals surface area contributed by atoms with E-state index in [1.54, 1.807) is 0 Å². The van der Waals surface area contributed by atoms with Crippen LogP contribution in [0, 0.1) is 0 Å². The monoisotopic (exact) mass is 241 g/mol. The zero-order chi connectivity index (χ0) is 12.9. The third-order valence-corrected chi connectivity index (χ3v) is 3.30. The number of Topliss-reactive ketones (excluding diaryl/α,β-unsaturated/α-hetero) is 1. The van der Waals surface area contributed by atoms with E-state index < -0.39 is 0 Å². The molecule has 0 unspecified atom stereocenters. The quantitative estimate of drug-likeness (QED) is 0.798. The van der Waals surface area contributed by atoms with Gasteiger partial charge < -0.3 is 10.1 Å². The molecule has 0 atom stereocenters. The highest BCUT2D eigenvalue weighted by molar-refractivity contribution is 5.79. The van der Waals surface area contributed by atoms with Crippen molar-refractivity contribution in [3.63, 3.8) is 0 Å². The topological polar surface area (TPSA) is 55.4 Å². The van der Waals surface area contributed by atoms with Crippen molar-refractivity contribution in [3.8, 4) is 0 Å². The second-order valence-corrected chi connectivity index (χ2v) is 5.33. The fourth-order valence-electron chi connectivity index (χ4n) is 1.78. The molecule has 0 aromatic carbocycles. The van der Waals surface area contributed by atoms with Gasteiger partial charge in [-0.15, -0.1) is 0 Å². The molecule has 4 nitrogen and oxygen atoms in total. The van der Waals surface area contributed by atoms with Crippen molar-refractivity contribution in [3.05, 3.63) is 0 Å². The van der Waals surface area contributed by atoms with Gasteiger partial charge in [0.1, 0.15) is 12.4 Å². The number of ketones is 1. The van der Waals surface area contributed by atoms with Crippen molar-refractivity contribution in [1.82, 2.24) is 5.32 Å². The van der Waals surface area contributed by atoms with Crippen LogP contribution in [0.25, 0.3) is 0 Å².